The molecule has 3 rings (SSSR count). The maximum Gasteiger partial charge on any atom is 0.313 e. The van der Waals surface area contributed by atoms with Crippen molar-refractivity contribution in [3.05, 3.63) is 65.6 Å². The average molecular weight is 369 g/mol. The Balaban J connectivity index is 1.62. The lowest BCUT2D eigenvalue weighted by atomic mass is 10.1. The third-order valence-corrected chi connectivity index (χ3v) is 4.38. The fourth-order valence-electron chi connectivity index (χ4n) is 2.88. The van der Waals surface area contributed by atoms with Crippen molar-refractivity contribution >= 4 is 28.4 Å². The minimum absolute atomic E-state index is 0.123. The molecule has 0 saturated carbocycles. The number of aliphatic hydroxyl groups is 1. The predicted molar refractivity (Wildman–Crippen MR) is 101 cm³/mol. The highest BCUT2D eigenvalue weighted by atomic mass is 19.1. The van der Waals surface area contributed by atoms with E-state index in [1.165, 1.54) is 12.1 Å². The monoisotopic (exact) mass is 369 g/mol. The van der Waals surface area contributed by atoms with Crippen molar-refractivity contribution < 1.29 is 19.1 Å². The quantitative estimate of drug-likeness (QED) is 0.618. The summed E-state index contributed by atoms with van der Waals surface area (Å²) in [6.07, 6.45) is 0.820. The van der Waals surface area contributed by atoms with Gasteiger partial charge in [-0.25, -0.2) is 4.39 Å². The van der Waals surface area contributed by atoms with Crippen LogP contribution in [0.3, 0.4) is 0 Å². The molecular weight excluding hydrogens is 349 g/mol. The van der Waals surface area contributed by atoms with Gasteiger partial charge < -0.3 is 20.3 Å². The molecule has 0 saturated heterocycles. The number of aliphatic hydroxyl groups excluding tert-OH is 1. The lowest BCUT2D eigenvalue weighted by molar-refractivity contribution is -0.136. The highest BCUT2D eigenvalue weighted by Gasteiger charge is 2.19. The first-order chi connectivity index (χ1) is 12.9. The molecule has 0 aliphatic heterocycles. The van der Waals surface area contributed by atoms with Gasteiger partial charge in [-0.15, -0.1) is 0 Å². The summed E-state index contributed by atoms with van der Waals surface area (Å²) in [4.78, 5) is 23.9. The van der Waals surface area contributed by atoms with Crippen molar-refractivity contribution in [3.8, 4) is 0 Å². The lowest BCUT2D eigenvalue weighted by Gasteiger charge is -2.11. The summed E-state index contributed by atoms with van der Waals surface area (Å²) in [5, 5.41) is 16.0. The molecule has 0 fully saturated rings. The molecule has 1 aromatic heterocycles. The number of nitrogens with zero attached hydrogens (tertiary/aromatic N) is 1. The molecular formula is C20H20FN3O3. The molecule has 0 aliphatic rings. The van der Waals surface area contributed by atoms with Crippen LogP contribution in [-0.4, -0.2) is 28.0 Å². The second kappa shape index (κ2) is 7.59. The summed E-state index contributed by atoms with van der Waals surface area (Å²) in [6, 6.07) is 11.7. The van der Waals surface area contributed by atoms with Crippen LogP contribution in [0.2, 0.25) is 0 Å². The zero-order valence-corrected chi connectivity index (χ0v) is 15.0. The molecule has 0 aliphatic carbocycles. The molecule has 0 bridgehead atoms. The van der Waals surface area contributed by atoms with Gasteiger partial charge in [-0.3, -0.25) is 9.59 Å². The summed E-state index contributed by atoms with van der Waals surface area (Å²) in [7, 11) is 1.87. The van der Waals surface area contributed by atoms with Crippen LogP contribution in [0.15, 0.2) is 48.7 Å². The van der Waals surface area contributed by atoms with Gasteiger partial charge in [0.25, 0.3) is 0 Å². The van der Waals surface area contributed by atoms with Gasteiger partial charge in [0.2, 0.25) is 0 Å². The van der Waals surface area contributed by atoms with Crippen molar-refractivity contribution in [2.45, 2.75) is 13.0 Å². The first-order valence-electron chi connectivity index (χ1n) is 8.44. The summed E-state index contributed by atoms with van der Waals surface area (Å²) in [6.45, 7) is 1.48. The number of amides is 2. The van der Waals surface area contributed by atoms with Gasteiger partial charge >= 0.3 is 11.8 Å². The molecule has 3 aromatic rings. The largest absolute Gasteiger partial charge is 0.386 e. The van der Waals surface area contributed by atoms with Crippen molar-refractivity contribution in [1.29, 1.82) is 0 Å². The molecule has 3 N–H and O–H groups in total. The predicted octanol–water partition coefficient (Wildman–Crippen LogP) is 2.41. The maximum atomic E-state index is 13.5. The zero-order valence-electron chi connectivity index (χ0n) is 15.0. The van der Waals surface area contributed by atoms with Gasteiger partial charge in [-0.1, -0.05) is 24.3 Å². The van der Waals surface area contributed by atoms with Crippen LogP contribution in [0.1, 0.15) is 17.2 Å². The van der Waals surface area contributed by atoms with Gasteiger partial charge in [0, 0.05) is 41.9 Å². The van der Waals surface area contributed by atoms with E-state index in [1.807, 2.05) is 35.9 Å². The molecule has 27 heavy (non-hydrogen) atoms. The minimum Gasteiger partial charge on any atom is -0.386 e. The SMILES string of the molecule is Cc1ccc(NC(=O)C(=O)NCC(O)c2cn(C)c3ccccc23)cc1F. The standard InChI is InChI=1S/C20H20FN3O3/c1-12-7-8-13(9-16(12)21)23-20(27)19(26)22-10-18(25)15-11-24(2)17-6-4-3-5-14(15)17/h3-9,11,18,25H,10H2,1-2H3,(H,22,26)(H,23,27). The fourth-order valence-corrected chi connectivity index (χ4v) is 2.88. The van der Waals surface area contributed by atoms with Crippen LogP contribution in [0.5, 0.6) is 0 Å². The van der Waals surface area contributed by atoms with Crippen molar-refractivity contribution in [1.82, 2.24) is 9.88 Å². The number of nitrogens with one attached hydrogen (secondary N) is 2. The fraction of sp³-hybridized carbons (Fsp3) is 0.200. The van der Waals surface area contributed by atoms with E-state index in [9.17, 15) is 19.1 Å². The Bertz CT molecular complexity index is 1010. The number of aromatic nitrogens is 1. The highest BCUT2D eigenvalue weighted by Crippen LogP contribution is 2.25. The second-order valence-corrected chi connectivity index (χ2v) is 6.36. The third kappa shape index (κ3) is 3.98. The Labute approximate surface area is 155 Å². The van der Waals surface area contributed by atoms with Crippen molar-refractivity contribution in [2.75, 3.05) is 11.9 Å². The first kappa shape index (κ1) is 18.6. The van der Waals surface area contributed by atoms with Crippen molar-refractivity contribution in [3.63, 3.8) is 0 Å². The van der Waals surface area contributed by atoms with Crippen LogP contribution in [0.4, 0.5) is 10.1 Å². The summed E-state index contributed by atoms with van der Waals surface area (Å²) in [5.74, 6) is -2.31. The van der Waals surface area contributed by atoms with Gasteiger partial charge in [-0.05, 0) is 30.7 Å². The van der Waals surface area contributed by atoms with Gasteiger partial charge in [-0.2, -0.15) is 0 Å². The van der Waals surface area contributed by atoms with Crippen LogP contribution >= 0.6 is 0 Å². The minimum atomic E-state index is -0.968. The number of benzene rings is 2. The van der Waals surface area contributed by atoms with Crippen LogP contribution in [0.25, 0.3) is 10.9 Å². The Morgan fingerprint density at radius 1 is 1.19 bits per heavy atom. The number of aryl methyl sites for hydroxylation is 2. The number of hydrogen-bond acceptors (Lipinski definition) is 3. The Morgan fingerprint density at radius 3 is 2.67 bits per heavy atom. The number of fused-ring (bicyclic) bond motifs is 1. The van der Waals surface area contributed by atoms with E-state index >= 15 is 0 Å². The normalized spacial score (nSPS) is 12.0. The zero-order chi connectivity index (χ0) is 19.6. The average Bonchev–Trinajstić information content (AvgIpc) is 2.99. The van der Waals surface area contributed by atoms with E-state index in [1.54, 1.807) is 13.1 Å². The summed E-state index contributed by atoms with van der Waals surface area (Å²) >= 11 is 0. The Morgan fingerprint density at radius 2 is 1.93 bits per heavy atom. The van der Waals surface area contributed by atoms with Crippen LogP contribution in [0, 0.1) is 12.7 Å². The molecule has 140 valence electrons. The Hall–Kier alpha value is -3.19. The molecule has 2 aromatic carbocycles. The van der Waals surface area contributed by atoms with E-state index < -0.39 is 23.7 Å². The lowest BCUT2D eigenvalue weighted by Crippen LogP contribution is -2.37. The highest BCUT2D eigenvalue weighted by molar-refractivity contribution is 6.39. The van der Waals surface area contributed by atoms with Crippen molar-refractivity contribution in [2.24, 2.45) is 7.05 Å². The van der Waals surface area contributed by atoms with E-state index in [0.29, 0.717) is 11.1 Å². The molecule has 6 nitrogen and oxygen atoms in total. The summed E-state index contributed by atoms with van der Waals surface area (Å²) in [5.41, 5.74) is 2.25. The Kier molecular flexibility index (Phi) is 5.23. The maximum absolute atomic E-state index is 13.5. The molecule has 2 amide bonds. The van der Waals surface area contributed by atoms with Gasteiger partial charge in [0.05, 0.1) is 6.10 Å². The number of anilines is 1. The molecule has 0 spiro atoms. The van der Waals surface area contributed by atoms with E-state index in [2.05, 4.69) is 10.6 Å². The van der Waals surface area contributed by atoms with Gasteiger partial charge in [0.15, 0.2) is 0 Å². The number of carbonyl (C=O) groups excluding carboxylic acids is 2. The van der Waals surface area contributed by atoms with Gasteiger partial charge in [0.1, 0.15) is 5.82 Å². The number of para-hydroxylation sites is 1. The van der Waals surface area contributed by atoms with Crippen LogP contribution < -0.4 is 10.6 Å². The second-order valence-electron chi connectivity index (χ2n) is 6.36. The van der Waals surface area contributed by atoms with E-state index in [4.69, 9.17) is 0 Å². The number of hydrogen-bond donors (Lipinski definition) is 3. The smallest absolute Gasteiger partial charge is 0.313 e. The molecule has 7 heteroatoms. The number of halogens is 1. The molecule has 1 atom stereocenters. The van der Waals surface area contributed by atoms with E-state index in [-0.39, 0.29) is 12.2 Å². The molecule has 1 heterocycles. The first-order valence-corrected chi connectivity index (χ1v) is 8.44. The molecule has 0 radical (unpaired) electrons. The third-order valence-electron chi connectivity index (χ3n) is 4.38. The molecule has 1 unspecified atom stereocenters. The summed E-state index contributed by atoms with van der Waals surface area (Å²) < 4.78 is 15.4. The number of rotatable bonds is 4. The van der Waals surface area contributed by atoms with E-state index in [0.717, 1.165) is 17.0 Å². The number of carbonyl (C=O) groups is 2. The topological polar surface area (TPSA) is 83.4 Å². The van der Waals surface area contributed by atoms with Crippen LogP contribution in [-0.2, 0) is 16.6 Å².